The Morgan fingerprint density at radius 3 is 2.70 bits per heavy atom. The van der Waals surface area contributed by atoms with Crippen molar-refractivity contribution in [1.29, 1.82) is 0 Å². The maximum absolute atomic E-state index is 12.6. The van der Waals surface area contributed by atoms with E-state index in [1.807, 2.05) is 11.5 Å². The molecule has 1 amide bonds. The van der Waals surface area contributed by atoms with Gasteiger partial charge in [0.25, 0.3) is 0 Å². The van der Waals surface area contributed by atoms with Gasteiger partial charge in [0.2, 0.25) is 21.8 Å². The van der Waals surface area contributed by atoms with Crippen molar-refractivity contribution in [3.63, 3.8) is 0 Å². The average Bonchev–Trinajstić information content (AvgIpc) is 3.15. The Bertz CT molecular complexity index is 1220. The summed E-state index contributed by atoms with van der Waals surface area (Å²) in [5.74, 6) is 0.841. The molecule has 3 aromatic rings. The van der Waals surface area contributed by atoms with Crippen molar-refractivity contribution in [3.05, 3.63) is 42.4 Å². The van der Waals surface area contributed by atoms with Crippen molar-refractivity contribution in [2.45, 2.75) is 31.2 Å². The predicted molar refractivity (Wildman–Crippen MR) is 125 cm³/mol. The number of benzene rings is 1. The number of imidazole rings is 1. The number of aryl methyl sites for hydroxylation is 2. The number of hydrogen-bond acceptors (Lipinski definition) is 7. The zero-order valence-corrected chi connectivity index (χ0v) is 20.1. The fourth-order valence-corrected chi connectivity index (χ4v) is 4.26. The van der Waals surface area contributed by atoms with E-state index in [4.69, 9.17) is 9.47 Å². The van der Waals surface area contributed by atoms with Gasteiger partial charge in [-0.15, -0.1) is 0 Å². The molecular weight excluding hydrogens is 446 g/mol. The van der Waals surface area contributed by atoms with Gasteiger partial charge in [-0.2, -0.15) is 0 Å². The summed E-state index contributed by atoms with van der Waals surface area (Å²) >= 11 is 0. The quantitative estimate of drug-likeness (QED) is 0.423. The number of carbonyl (C=O) groups is 1. The number of amides is 1. The van der Waals surface area contributed by atoms with E-state index in [2.05, 4.69) is 15.3 Å². The Balaban J connectivity index is 1.74. The minimum Gasteiger partial charge on any atom is -0.474 e. The maximum Gasteiger partial charge on any atom is 0.242 e. The molecule has 10 nitrogen and oxygen atoms in total. The molecule has 0 atom stereocenters. The number of aromatic nitrogens is 3. The summed E-state index contributed by atoms with van der Waals surface area (Å²) in [5, 5.41) is 2.83. The molecule has 0 spiro atoms. The van der Waals surface area contributed by atoms with Crippen LogP contribution < -0.4 is 10.1 Å². The molecule has 33 heavy (non-hydrogen) atoms. The van der Waals surface area contributed by atoms with E-state index in [1.165, 1.54) is 18.4 Å². The van der Waals surface area contributed by atoms with Crippen LogP contribution in [0.15, 0.2) is 41.4 Å². The number of sulfonamides is 1. The van der Waals surface area contributed by atoms with E-state index >= 15 is 0 Å². The third-order valence-electron chi connectivity index (χ3n) is 5.04. The molecule has 1 aromatic carbocycles. The third kappa shape index (κ3) is 5.67. The van der Waals surface area contributed by atoms with Gasteiger partial charge >= 0.3 is 0 Å². The molecule has 1 N–H and O–H groups in total. The van der Waals surface area contributed by atoms with Gasteiger partial charge in [-0.05, 0) is 37.3 Å². The minimum absolute atomic E-state index is 0.183. The van der Waals surface area contributed by atoms with Crippen LogP contribution in [0.4, 0.5) is 5.69 Å². The van der Waals surface area contributed by atoms with Crippen molar-refractivity contribution in [3.8, 4) is 5.88 Å². The molecule has 2 aromatic heterocycles. The largest absolute Gasteiger partial charge is 0.474 e. The van der Waals surface area contributed by atoms with Crippen LogP contribution in [0, 0.1) is 0 Å². The number of pyridine rings is 1. The van der Waals surface area contributed by atoms with E-state index in [0.717, 1.165) is 5.52 Å². The fourth-order valence-electron chi connectivity index (χ4n) is 3.34. The van der Waals surface area contributed by atoms with Crippen molar-refractivity contribution in [2.24, 2.45) is 0 Å². The second-order valence-corrected chi connectivity index (χ2v) is 9.61. The first kappa shape index (κ1) is 24.6. The minimum atomic E-state index is -3.56. The number of nitrogens with one attached hydrogen (secondary N) is 1. The molecule has 0 aliphatic carbocycles. The van der Waals surface area contributed by atoms with Gasteiger partial charge in [0, 0.05) is 46.8 Å². The third-order valence-corrected chi connectivity index (χ3v) is 6.85. The zero-order chi connectivity index (χ0) is 24.0. The normalized spacial score (nSPS) is 11.8. The Morgan fingerprint density at radius 2 is 2.00 bits per heavy atom. The number of methoxy groups -OCH3 is 1. The Kier molecular flexibility index (Phi) is 8.01. The number of anilines is 1. The molecule has 0 saturated heterocycles. The summed E-state index contributed by atoms with van der Waals surface area (Å²) in [6.45, 7) is 3.36. The van der Waals surface area contributed by atoms with Crippen LogP contribution in [0.1, 0.15) is 19.2 Å². The number of nitrogens with zero attached hydrogens (tertiary/aromatic N) is 4. The first-order valence-corrected chi connectivity index (χ1v) is 12.0. The molecular formula is C22H29N5O5S. The van der Waals surface area contributed by atoms with Crippen LogP contribution in [0.2, 0.25) is 0 Å². The van der Waals surface area contributed by atoms with Crippen LogP contribution in [0.3, 0.4) is 0 Å². The van der Waals surface area contributed by atoms with Gasteiger partial charge in [0.05, 0.1) is 22.5 Å². The number of rotatable bonds is 11. The van der Waals surface area contributed by atoms with Gasteiger partial charge in [-0.1, -0.05) is 0 Å². The summed E-state index contributed by atoms with van der Waals surface area (Å²) in [5.41, 5.74) is 1.89. The van der Waals surface area contributed by atoms with Crippen molar-refractivity contribution >= 4 is 32.7 Å². The molecule has 0 radical (unpaired) electrons. The number of hydrogen-bond donors (Lipinski definition) is 1. The molecule has 2 heterocycles. The van der Waals surface area contributed by atoms with Crippen molar-refractivity contribution in [1.82, 2.24) is 18.8 Å². The molecule has 11 heteroatoms. The van der Waals surface area contributed by atoms with Crippen molar-refractivity contribution < 1.29 is 22.7 Å². The molecule has 178 valence electrons. The summed E-state index contributed by atoms with van der Waals surface area (Å²) in [7, 11) is 1.00. The van der Waals surface area contributed by atoms with E-state index in [0.29, 0.717) is 49.1 Å². The average molecular weight is 476 g/mol. The highest BCUT2D eigenvalue weighted by Gasteiger charge is 2.20. The van der Waals surface area contributed by atoms with Crippen LogP contribution >= 0.6 is 0 Å². The molecule has 0 unspecified atom stereocenters. The SMILES string of the molecule is CCn1c(CCC(=O)Nc2cccnc2OCCOC)nc2cc(S(=O)(=O)N(C)C)ccc21. The van der Waals surface area contributed by atoms with Gasteiger partial charge in [-0.25, -0.2) is 22.7 Å². The number of carbonyl (C=O) groups excluding carboxylic acids is 1. The Hall–Kier alpha value is -3.02. The summed E-state index contributed by atoms with van der Waals surface area (Å²) < 4.78 is 38.6. The van der Waals surface area contributed by atoms with Crippen LogP contribution in [0.5, 0.6) is 5.88 Å². The smallest absolute Gasteiger partial charge is 0.242 e. The Labute approximate surface area is 193 Å². The number of ether oxygens (including phenoxy) is 2. The fraction of sp³-hybridized carbons (Fsp3) is 0.409. The van der Waals surface area contributed by atoms with Gasteiger partial charge < -0.3 is 19.4 Å². The van der Waals surface area contributed by atoms with Crippen LogP contribution in [-0.2, 0) is 32.5 Å². The molecule has 3 rings (SSSR count). The zero-order valence-electron chi connectivity index (χ0n) is 19.2. The number of fused-ring (bicyclic) bond motifs is 1. The molecule has 0 saturated carbocycles. The standard InChI is InChI=1S/C22H29N5O5S/c1-5-27-19-9-8-16(33(29,30)26(2)3)15-18(19)24-20(27)10-11-21(28)25-17-7-6-12-23-22(17)32-14-13-31-4/h6-9,12,15H,5,10-11,13-14H2,1-4H3,(H,25,28). The van der Waals surface area contributed by atoms with E-state index < -0.39 is 10.0 Å². The van der Waals surface area contributed by atoms with E-state index in [1.54, 1.807) is 43.6 Å². The van der Waals surface area contributed by atoms with Gasteiger partial charge in [0.15, 0.2) is 0 Å². The monoisotopic (exact) mass is 475 g/mol. The lowest BCUT2D eigenvalue weighted by Crippen LogP contribution is -2.22. The van der Waals surface area contributed by atoms with Gasteiger partial charge in [0.1, 0.15) is 18.1 Å². The molecule has 0 bridgehead atoms. The molecule has 0 aliphatic heterocycles. The van der Waals surface area contributed by atoms with Crippen LogP contribution in [-0.4, -0.2) is 67.6 Å². The van der Waals surface area contributed by atoms with Crippen LogP contribution in [0.25, 0.3) is 11.0 Å². The highest BCUT2D eigenvalue weighted by Crippen LogP contribution is 2.24. The predicted octanol–water partition coefficient (Wildman–Crippen LogP) is 2.30. The first-order valence-electron chi connectivity index (χ1n) is 10.6. The summed E-state index contributed by atoms with van der Waals surface area (Å²) in [6, 6.07) is 8.34. The summed E-state index contributed by atoms with van der Waals surface area (Å²) in [6.07, 6.45) is 2.18. The maximum atomic E-state index is 12.6. The molecule has 0 fully saturated rings. The first-order chi connectivity index (χ1) is 15.8. The van der Waals surface area contributed by atoms with E-state index in [-0.39, 0.29) is 17.2 Å². The topological polar surface area (TPSA) is 116 Å². The molecule has 0 aliphatic rings. The van der Waals surface area contributed by atoms with Crippen molar-refractivity contribution in [2.75, 3.05) is 39.7 Å². The highest BCUT2D eigenvalue weighted by atomic mass is 32.2. The lowest BCUT2D eigenvalue weighted by molar-refractivity contribution is -0.116. The van der Waals surface area contributed by atoms with E-state index in [9.17, 15) is 13.2 Å². The highest BCUT2D eigenvalue weighted by molar-refractivity contribution is 7.89. The lowest BCUT2D eigenvalue weighted by atomic mass is 10.2. The second kappa shape index (κ2) is 10.7. The Morgan fingerprint density at radius 1 is 1.21 bits per heavy atom. The van der Waals surface area contributed by atoms with Gasteiger partial charge in [-0.3, -0.25) is 4.79 Å². The summed E-state index contributed by atoms with van der Waals surface area (Å²) in [4.78, 5) is 21.6. The lowest BCUT2D eigenvalue weighted by Gasteiger charge is -2.11. The second-order valence-electron chi connectivity index (χ2n) is 7.46.